The van der Waals surface area contributed by atoms with Crippen LogP contribution in [0.15, 0.2) is 0 Å². The topological polar surface area (TPSA) is 18.5 Å². The van der Waals surface area contributed by atoms with E-state index in [-0.39, 0.29) is 0 Å². The summed E-state index contributed by atoms with van der Waals surface area (Å²) in [5, 5.41) is 0. The normalized spacial score (nSPS) is 13.9. The quantitative estimate of drug-likeness (QED) is 0.442. The first kappa shape index (κ1) is 15.4. The Morgan fingerprint density at radius 2 is 1.53 bits per heavy atom. The second-order valence-electron chi connectivity index (χ2n) is 3.93. The maximum absolute atomic E-state index is 12.3. The van der Waals surface area contributed by atoms with Crippen LogP contribution >= 0.6 is 0 Å². The second kappa shape index (κ2) is 5.16. The van der Waals surface area contributed by atoms with Crippen molar-refractivity contribution in [2.24, 2.45) is 0 Å². The van der Waals surface area contributed by atoms with Crippen molar-refractivity contribution in [1.82, 2.24) is 0 Å². The van der Waals surface area contributed by atoms with Crippen molar-refractivity contribution in [3.8, 4) is 0 Å². The Morgan fingerprint density at radius 1 is 1.07 bits per heavy atom. The van der Waals surface area contributed by atoms with Crippen molar-refractivity contribution >= 4 is 8.32 Å². The Kier molecular flexibility index (Phi) is 5.30. The van der Waals surface area contributed by atoms with Gasteiger partial charge in [-0.25, -0.2) is 0 Å². The van der Waals surface area contributed by atoms with Crippen molar-refractivity contribution in [2.45, 2.75) is 31.7 Å². The Balaban J connectivity index is 3.87. The third-order valence-corrected chi connectivity index (χ3v) is 9.23. The molecule has 0 bridgehead atoms. The fourth-order valence-corrected chi connectivity index (χ4v) is 4.37. The van der Waals surface area contributed by atoms with Gasteiger partial charge in [0, 0.05) is 0 Å². The zero-order valence-electron chi connectivity index (χ0n) is 8.62. The fraction of sp³-hybridized carbons (Fsp3) is 1.00. The Hall–Kier alpha value is 0.410. The van der Waals surface area contributed by atoms with Gasteiger partial charge in [0.25, 0.3) is 0 Å². The first-order chi connectivity index (χ1) is 6.46. The molecule has 0 unspecified atom stereocenters. The summed E-state index contributed by atoms with van der Waals surface area (Å²) in [4.78, 5) is 0. The molecule has 0 heterocycles. The summed E-state index contributed by atoms with van der Waals surface area (Å²) in [6.07, 6.45) is -5.55. The van der Waals surface area contributed by atoms with E-state index in [0.717, 1.165) is 0 Å². The van der Waals surface area contributed by atoms with Gasteiger partial charge in [0.15, 0.2) is 0 Å². The van der Waals surface area contributed by atoms with Gasteiger partial charge in [0.2, 0.25) is 0 Å². The maximum atomic E-state index is 12.3. The van der Waals surface area contributed by atoms with Crippen LogP contribution in [0.25, 0.3) is 0 Å². The van der Waals surface area contributed by atoms with Gasteiger partial charge in [0.05, 0.1) is 0 Å². The van der Waals surface area contributed by atoms with Crippen LogP contribution in [0.4, 0.5) is 22.0 Å². The SMILES string of the molecule is C[Si](C)(C)[O][Zn][O]CC(F)(F)C(F)(F)F. The average Bonchev–Trinajstić information content (AvgIpc) is 1.94. The molecule has 0 amide bonds. The summed E-state index contributed by atoms with van der Waals surface area (Å²) < 4.78 is 69.0. The zero-order valence-corrected chi connectivity index (χ0v) is 12.6. The molecule has 0 saturated heterocycles. The van der Waals surface area contributed by atoms with Gasteiger partial charge >= 0.3 is 93.3 Å². The van der Waals surface area contributed by atoms with Crippen LogP contribution in [0.5, 0.6) is 0 Å². The van der Waals surface area contributed by atoms with Crippen molar-refractivity contribution in [1.29, 1.82) is 0 Å². The molecule has 0 rings (SSSR count). The molecule has 88 valence electrons. The molecule has 0 fully saturated rings. The van der Waals surface area contributed by atoms with E-state index in [1.165, 1.54) is 0 Å². The predicted octanol–water partition coefficient (Wildman–Crippen LogP) is 2.96. The summed E-state index contributed by atoms with van der Waals surface area (Å²) in [6.45, 7) is 3.80. The molecule has 0 aromatic heterocycles. The molecule has 0 aliphatic heterocycles. The number of hydrogen-bond acceptors (Lipinski definition) is 2. The van der Waals surface area contributed by atoms with E-state index < -0.39 is 44.9 Å². The fourth-order valence-electron chi connectivity index (χ4n) is 0.470. The molecule has 0 N–H and O–H groups in total. The van der Waals surface area contributed by atoms with Gasteiger partial charge in [-0.15, -0.1) is 0 Å². The molecule has 0 aromatic rings. The standard InChI is InChI=1S/C3H2F5O.C3H9OSi.Zn/c4-2(5,1-9)3(6,7)8;1-5(2,3)4;/h1H2;1-3H3;/q2*-1;+2. The van der Waals surface area contributed by atoms with Crippen LogP contribution in [0.1, 0.15) is 0 Å². The Morgan fingerprint density at radius 3 is 1.87 bits per heavy atom. The zero-order chi connectivity index (χ0) is 12.3. The number of halogens is 5. The first-order valence-corrected chi connectivity index (χ1v) is 9.95. The van der Waals surface area contributed by atoms with Crippen LogP contribution in [-0.4, -0.2) is 27.0 Å². The van der Waals surface area contributed by atoms with Crippen molar-refractivity contribution in [2.75, 3.05) is 6.61 Å². The molecule has 0 aliphatic carbocycles. The van der Waals surface area contributed by atoms with Crippen LogP contribution in [-0.2, 0) is 24.7 Å². The van der Waals surface area contributed by atoms with Gasteiger partial charge in [-0.3, -0.25) is 0 Å². The molecule has 0 aromatic carbocycles. The Labute approximate surface area is 93.7 Å². The van der Waals surface area contributed by atoms with E-state index in [2.05, 4.69) is 3.56 Å². The molecule has 9 heteroatoms. The average molecular weight is 304 g/mol. The van der Waals surface area contributed by atoms with Gasteiger partial charge < -0.3 is 0 Å². The van der Waals surface area contributed by atoms with Crippen molar-refractivity contribution < 1.29 is 46.6 Å². The monoisotopic (exact) mass is 302 g/mol. The molecule has 0 radical (unpaired) electrons. The van der Waals surface area contributed by atoms with E-state index in [1.54, 1.807) is 0 Å². The summed E-state index contributed by atoms with van der Waals surface area (Å²) in [5.41, 5.74) is 0. The van der Waals surface area contributed by atoms with Crippen LogP contribution < -0.4 is 0 Å². The summed E-state index contributed by atoms with van der Waals surface area (Å²) in [7, 11) is -1.87. The third kappa shape index (κ3) is 6.55. The first-order valence-electron chi connectivity index (χ1n) is 4.12. The van der Waals surface area contributed by atoms with E-state index >= 15 is 0 Å². The number of rotatable bonds is 5. The third-order valence-electron chi connectivity index (χ3n) is 1.27. The van der Waals surface area contributed by atoms with Crippen LogP contribution in [0.2, 0.25) is 19.6 Å². The molecule has 15 heavy (non-hydrogen) atoms. The minimum absolute atomic E-state index is 1.62. The van der Waals surface area contributed by atoms with E-state index in [0.29, 0.717) is 0 Å². The number of alkyl halides is 5. The van der Waals surface area contributed by atoms with Gasteiger partial charge in [0.1, 0.15) is 0 Å². The molecular formula is C6H11F5O2SiZn. The van der Waals surface area contributed by atoms with E-state index in [4.69, 9.17) is 3.25 Å². The second-order valence-corrected chi connectivity index (χ2v) is 11.6. The molecular weight excluding hydrogens is 293 g/mol. The Bertz CT molecular complexity index is 203. The molecule has 0 spiro atoms. The molecule has 2 nitrogen and oxygen atoms in total. The van der Waals surface area contributed by atoms with Crippen molar-refractivity contribution in [3.05, 3.63) is 0 Å². The molecule has 0 saturated carbocycles. The van der Waals surface area contributed by atoms with E-state index in [9.17, 15) is 22.0 Å². The number of hydrogen-bond donors (Lipinski definition) is 0. The minimum atomic E-state index is -5.55. The van der Waals surface area contributed by atoms with E-state index in [1.807, 2.05) is 19.6 Å². The summed E-state index contributed by atoms with van der Waals surface area (Å²) in [6, 6.07) is 0. The van der Waals surface area contributed by atoms with Crippen molar-refractivity contribution in [3.63, 3.8) is 0 Å². The van der Waals surface area contributed by atoms with Gasteiger partial charge in [-0.2, -0.15) is 0 Å². The van der Waals surface area contributed by atoms with Crippen LogP contribution in [0.3, 0.4) is 0 Å². The predicted molar refractivity (Wildman–Crippen MR) is 41.4 cm³/mol. The van der Waals surface area contributed by atoms with Crippen LogP contribution in [0, 0.1) is 0 Å². The molecule has 0 atom stereocenters. The summed E-state index contributed by atoms with van der Waals surface area (Å²) in [5.74, 6) is -4.78. The molecule has 0 aliphatic rings. The van der Waals surface area contributed by atoms with Gasteiger partial charge in [-0.1, -0.05) is 0 Å². The summed E-state index contributed by atoms with van der Waals surface area (Å²) >= 11 is -2.17. The van der Waals surface area contributed by atoms with Gasteiger partial charge in [-0.05, 0) is 0 Å².